The summed E-state index contributed by atoms with van der Waals surface area (Å²) in [5.41, 5.74) is 1.37. The molecule has 0 bridgehead atoms. The first kappa shape index (κ1) is 20.0. The molecular formula is C17H25ClN2O4S. The molecule has 1 aliphatic rings. The van der Waals surface area contributed by atoms with E-state index in [0.717, 1.165) is 31.3 Å². The molecule has 0 aromatic heterocycles. The fraction of sp³-hybridized carbons (Fsp3) is 0.588. The molecule has 1 aromatic carbocycles. The molecule has 2 rings (SSSR count). The molecule has 1 amide bonds. The van der Waals surface area contributed by atoms with Gasteiger partial charge in [-0.05, 0) is 43.9 Å². The lowest BCUT2D eigenvalue weighted by atomic mass is 10.2. The number of aryl methyl sites for hydroxylation is 1. The Morgan fingerprint density at radius 3 is 2.84 bits per heavy atom. The minimum absolute atomic E-state index is 0.0910. The average molecular weight is 389 g/mol. The summed E-state index contributed by atoms with van der Waals surface area (Å²) in [6, 6.07) is 5.14. The molecule has 1 aromatic rings. The lowest BCUT2D eigenvalue weighted by Crippen LogP contribution is -2.34. The van der Waals surface area contributed by atoms with Crippen molar-refractivity contribution in [3.63, 3.8) is 0 Å². The fourth-order valence-electron chi connectivity index (χ4n) is 2.82. The van der Waals surface area contributed by atoms with Crippen molar-refractivity contribution < 1.29 is 17.9 Å². The number of hydrogen-bond acceptors (Lipinski definition) is 4. The van der Waals surface area contributed by atoms with Crippen LogP contribution in [0.3, 0.4) is 0 Å². The van der Waals surface area contributed by atoms with Crippen molar-refractivity contribution in [2.24, 2.45) is 0 Å². The molecule has 8 heteroatoms. The van der Waals surface area contributed by atoms with Crippen LogP contribution in [0.1, 0.15) is 31.2 Å². The van der Waals surface area contributed by atoms with Crippen molar-refractivity contribution in [1.82, 2.24) is 5.32 Å². The molecule has 0 spiro atoms. The molecule has 25 heavy (non-hydrogen) atoms. The maximum atomic E-state index is 12.1. The summed E-state index contributed by atoms with van der Waals surface area (Å²) in [7, 11) is -3.46. The molecule has 6 nitrogen and oxygen atoms in total. The number of carbonyl (C=O) groups excluding carboxylic acids is 1. The maximum absolute atomic E-state index is 12.1. The summed E-state index contributed by atoms with van der Waals surface area (Å²) < 4.78 is 31.0. The van der Waals surface area contributed by atoms with E-state index in [1.54, 1.807) is 18.2 Å². The minimum Gasteiger partial charge on any atom is -0.376 e. The first-order valence-electron chi connectivity index (χ1n) is 8.39. The molecule has 1 N–H and O–H groups in total. The molecule has 1 heterocycles. The lowest BCUT2D eigenvalue weighted by molar-refractivity contribution is -0.121. The maximum Gasteiger partial charge on any atom is 0.232 e. The Morgan fingerprint density at radius 1 is 1.44 bits per heavy atom. The van der Waals surface area contributed by atoms with Gasteiger partial charge < -0.3 is 10.1 Å². The van der Waals surface area contributed by atoms with E-state index in [9.17, 15) is 13.2 Å². The van der Waals surface area contributed by atoms with Crippen molar-refractivity contribution in [3.8, 4) is 0 Å². The zero-order valence-corrected chi connectivity index (χ0v) is 16.2. The molecule has 1 saturated heterocycles. The van der Waals surface area contributed by atoms with Gasteiger partial charge in [-0.25, -0.2) is 8.42 Å². The first-order valence-corrected chi connectivity index (χ1v) is 10.6. The van der Waals surface area contributed by atoms with Crippen molar-refractivity contribution in [3.05, 3.63) is 28.8 Å². The van der Waals surface area contributed by atoms with Crippen LogP contribution in [0.5, 0.6) is 0 Å². The van der Waals surface area contributed by atoms with Gasteiger partial charge in [0.25, 0.3) is 0 Å². The second-order valence-corrected chi connectivity index (χ2v) is 8.65. The monoisotopic (exact) mass is 388 g/mol. The molecule has 1 atom stereocenters. The second-order valence-electron chi connectivity index (χ2n) is 6.31. The average Bonchev–Trinajstić information content (AvgIpc) is 3.04. The Morgan fingerprint density at radius 2 is 2.20 bits per heavy atom. The van der Waals surface area contributed by atoms with Crippen LogP contribution in [0.15, 0.2) is 18.2 Å². The number of sulfonamides is 1. The third-order valence-electron chi connectivity index (χ3n) is 4.16. The fourth-order valence-corrected chi connectivity index (χ4v) is 4.00. The molecular weight excluding hydrogens is 364 g/mol. The minimum atomic E-state index is -3.46. The van der Waals surface area contributed by atoms with Gasteiger partial charge in [0, 0.05) is 31.1 Å². The molecule has 140 valence electrons. The number of carbonyl (C=O) groups is 1. The Balaban J connectivity index is 1.90. The predicted molar refractivity (Wildman–Crippen MR) is 99.6 cm³/mol. The van der Waals surface area contributed by atoms with Crippen LogP contribution in [0, 0.1) is 6.92 Å². The third-order valence-corrected chi connectivity index (χ3v) is 5.57. The number of nitrogens with one attached hydrogen (secondary N) is 1. The number of rotatable bonds is 8. The van der Waals surface area contributed by atoms with Crippen LogP contribution in [-0.4, -0.2) is 46.4 Å². The molecule has 0 unspecified atom stereocenters. The normalized spacial score (nSPS) is 17.5. The molecule has 1 aliphatic heterocycles. The van der Waals surface area contributed by atoms with Crippen LogP contribution in [0.4, 0.5) is 5.69 Å². The van der Waals surface area contributed by atoms with E-state index in [0.29, 0.717) is 23.7 Å². The quantitative estimate of drug-likeness (QED) is 0.742. The highest BCUT2D eigenvalue weighted by Gasteiger charge is 2.20. The van der Waals surface area contributed by atoms with Gasteiger partial charge in [-0.2, -0.15) is 0 Å². The SMILES string of the molecule is Cc1ccc(Cl)cc1N(CCCC(=O)NC[C@H]1CCCO1)S(C)(=O)=O. The molecule has 1 fully saturated rings. The second kappa shape index (κ2) is 8.87. The van der Waals surface area contributed by atoms with Gasteiger partial charge in [0.05, 0.1) is 18.0 Å². The summed E-state index contributed by atoms with van der Waals surface area (Å²) in [6.07, 6.45) is 3.95. The van der Waals surface area contributed by atoms with Gasteiger partial charge in [0.2, 0.25) is 15.9 Å². The summed E-state index contributed by atoms with van der Waals surface area (Å²) in [4.78, 5) is 11.9. The van der Waals surface area contributed by atoms with E-state index in [2.05, 4.69) is 5.32 Å². The van der Waals surface area contributed by atoms with E-state index in [1.807, 2.05) is 6.92 Å². The van der Waals surface area contributed by atoms with Gasteiger partial charge in [-0.1, -0.05) is 17.7 Å². The summed E-state index contributed by atoms with van der Waals surface area (Å²) in [6.45, 7) is 3.33. The number of halogens is 1. The van der Waals surface area contributed by atoms with E-state index < -0.39 is 10.0 Å². The van der Waals surface area contributed by atoms with Crippen LogP contribution in [0.25, 0.3) is 0 Å². The van der Waals surface area contributed by atoms with Crippen LogP contribution < -0.4 is 9.62 Å². The van der Waals surface area contributed by atoms with Gasteiger partial charge >= 0.3 is 0 Å². The van der Waals surface area contributed by atoms with Crippen molar-refractivity contribution in [1.29, 1.82) is 0 Å². The third kappa shape index (κ3) is 6.17. The van der Waals surface area contributed by atoms with E-state index in [1.165, 1.54) is 4.31 Å². The van der Waals surface area contributed by atoms with Crippen molar-refractivity contribution in [2.45, 2.75) is 38.7 Å². The lowest BCUT2D eigenvalue weighted by Gasteiger charge is -2.24. The van der Waals surface area contributed by atoms with Crippen LogP contribution in [0.2, 0.25) is 5.02 Å². The van der Waals surface area contributed by atoms with E-state index in [4.69, 9.17) is 16.3 Å². The summed E-state index contributed by atoms with van der Waals surface area (Å²) in [5, 5.41) is 3.32. The number of ether oxygens (including phenoxy) is 1. The van der Waals surface area contributed by atoms with E-state index >= 15 is 0 Å². The highest BCUT2D eigenvalue weighted by atomic mass is 35.5. The Hall–Kier alpha value is -1.31. The van der Waals surface area contributed by atoms with Crippen molar-refractivity contribution in [2.75, 3.05) is 30.3 Å². The Kier molecular flexibility index (Phi) is 7.10. The smallest absolute Gasteiger partial charge is 0.232 e. The molecule has 0 aliphatic carbocycles. The zero-order chi connectivity index (χ0) is 18.4. The highest BCUT2D eigenvalue weighted by Crippen LogP contribution is 2.26. The van der Waals surface area contributed by atoms with Gasteiger partial charge in [-0.3, -0.25) is 9.10 Å². The Labute approximate surface area is 154 Å². The number of nitrogens with zero attached hydrogens (tertiary/aromatic N) is 1. The van der Waals surface area contributed by atoms with Crippen molar-refractivity contribution >= 4 is 33.2 Å². The number of hydrogen-bond donors (Lipinski definition) is 1. The first-order chi connectivity index (χ1) is 11.8. The number of anilines is 1. The largest absolute Gasteiger partial charge is 0.376 e. The van der Waals surface area contributed by atoms with E-state index in [-0.39, 0.29) is 25.0 Å². The van der Waals surface area contributed by atoms with Gasteiger partial charge in [0.1, 0.15) is 0 Å². The van der Waals surface area contributed by atoms with Gasteiger partial charge in [-0.15, -0.1) is 0 Å². The molecule has 0 saturated carbocycles. The zero-order valence-electron chi connectivity index (χ0n) is 14.6. The highest BCUT2D eigenvalue weighted by molar-refractivity contribution is 7.92. The molecule has 0 radical (unpaired) electrons. The topological polar surface area (TPSA) is 75.7 Å². The number of benzene rings is 1. The summed E-state index contributed by atoms with van der Waals surface area (Å²) >= 11 is 6.00. The van der Waals surface area contributed by atoms with Crippen LogP contribution >= 0.6 is 11.6 Å². The number of amides is 1. The van der Waals surface area contributed by atoms with Crippen LogP contribution in [-0.2, 0) is 19.6 Å². The Bertz CT molecular complexity index is 703. The van der Waals surface area contributed by atoms with Gasteiger partial charge in [0.15, 0.2) is 0 Å². The summed E-state index contributed by atoms with van der Waals surface area (Å²) in [5.74, 6) is -0.0910. The standard InChI is InChI=1S/C17H25ClN2O4S/c1-13-7-8-14(18)11-16(13)20(25(2,22)23)9-3-6-17(21)19-12-15-5-4-10-24-15/h7-8,11,15H,3-6,9-10,12H2,1-2H3,(H,19,21)/t15-/m1/s1. The predicted octanol–water partition coefficient (Wildman–Crippen LogP) is 2.49.